The molecule has 3 rings (SSSR count). The van der Waals surface area contributed by atoms with E-state index < -0.39 is 5.54 Å². The number of fused-ring (bicyclic) bond motifs is 2. The van der Waals surface area contributed by atoms with Crippen LogP contribution in [0.15, 0.2) is 29.2 Å². The van der Waals surface area contributed by atoms with Crippen molar-refractivity contribution in [3.05, 3.63) is 29.8 Å². The van der Waals surface area contributed by atoms with Gasteiger partial charge in [-0.1, -0.05) is 39.8 Å². The first kappa shape index (κ1) is 24.4. The molecule has 0 heterocycles. The van der Waals surface area contributed by atoms with E-state index in [1.54, 1.807) is 0 Å². The minimum atomic E-state index is -0.485. The van der Waals surface area contributed by atoms with Gasteiger partial charge in [0.05, 0.1) is 5.54 Å². The summed E-state index contributed by atoms with van der Waals surface area (Å²) in [5, 5.41) is 3.53. The Morgan fingerprint density at radius 3 is 2.28 bits per heavy atom. The normalized spacial score (nSPS) is 29.2. The first-order chi connectivity index (χ1) is 13.6. The van der Waals surface area contributed by atoms with Gasteiger partial charge in [-0.2, -0.15) is 0 Å². The van der Waals surface area contributed by atoms with Crippen LogP contribution < -0.4 is 10.0 Å². The van der Waals surface area contributed by atoms with Gasteiger partial charge in [0.2, 0.25) is 0 Å². The minimum absolute atomic E-state index is 0.485. The summed E-state index contributed by atoms with van der Waals surface area (Å²) in [4.78, 5) is 11.8. The summed E-state index contributed by atoms with van der Waals surface area (Å²) in [5.74, 6) is 4.46. The summed E-state index contributed by atoms with van der Waals surface area (Å²) in [5.41, 5.74) is 0.848. The molecule has 0 aromatic heterocycles. The number of carbonyl (C=O) groups is 1. The highest BCUT2D eigenvalue weighted by Crippen LogP contribution is 2.44. The lowest BCUT2D eigenvalue weighted by atomic mass is 9.63. The highest BCUT2D eigenvalue weighted by molar-refractivity contribution is 7.97. The van der Waals surface area contributed by atoms with Crippen LogP contribution in [0.25, 0.3) is 0 Å². The van der Waals surface area contributed by atoms with E-state index in [-0.39, 0.29) is 0 Å². The molecule has 4 heteroatoms. The maximum absolute atomic E-state index is 10.7. The van der Waals surface area contributed by atoms with Gasteiger partial charge in [0.1, 0.15) is 6.29 Å². The van der Waals surface area contributed by atoms with E-state index in [0.29, 0.717) is 5.92 Å². The van der Waals surface area contributed by atoms with E-state index >= 15 is 0 Å². The molecule has 5 unspecified atom stereocenters. The van der Waals surface area contributed by atoms with Crippen LogP contribution in [-0.2, 0) is 4.79 Å². The van der Waals surface area contributed by atoms with Crippen molar-refractivity contribution in [2.75, 3.05) is 7.05 Å². The van der Waals surface area contributed by atoms with E-state index in [2.05, 4.69) is 69.0 Å². The Balaban J connectivity index is 0.000000211. The number of aldehydes is 1. The van der Waals surface area contributed by atoms with Crippen LogP contribution in [0.5, 0.6) is 0 Å². The number of rotatable bonds is 6. The fraction of sp³-hybridized carbons (Fsp3) is 0.720. The molecule has 2 aliphatic rings. The van der Waals surface area contributed by atoms with Gasteiger partial charge in [-0.05, 0) is 106 Å². The summed E-state index contributed by atoms with van der Waals surface area (Å²) in [7, 11) is 2.14. The lowest BCUT2D eigenvalue weighted by molar-refractivity contribution is -0.111. The van der Waals surface area contributed by atoms with Crippen molar-refractivity contribution in [1.29, 1.82) is 0 Å². The second-order valence-corrected chi connectivity index (χ2v) is 11.1. The summed E-state index contributed by atoms with van der Waals surface area (Å²) in [6.45, 7) is 12.9. The Hall–Kier alpha value is -0.840. The van der Waals surface area contributed by atoms with Crippen molar-refractivity contribution in [3.63, 3.8) is 0 Å². The Morgan fingerprint density at radius 1 is 1.07 bits per heavy atom. The summed E-state index contributed by atoms with van der Waals surface area (Å²) >= 11 is 1.49. The molecule has 2 bridgehead atoms. The van der Waals surface area contributed by atoms with E-state index in [0.717, 1.165) is 40.9 Å². The number of hydrogen-bond acceptors (Lipinski definition) is 4. The van der Waals surface area contributed by atoms with Crippen LogP contribution in [0.4, 0.5) is 0 Å². The van der Waals surface area contributed by atoms with Gasteiger partial charge in [-0.15, -0.1) is 0 Å². The third kappa shape index (κ3) is 7.41. The Morgan fingerprint density at radius 2 is 1.72 bits per heavy atom. The predicted octanol–water partition coefficient (Wildman–Crippen LogP) is 6.05. The molecule has 0 aliphatic heterocycles. The zero-order valence-electron chi connectivity index (χ0n) is 19.5. The maximum Gasteiger partial charge on any atom is 0.140 e. The van der Waals surface area contributed by atoms with Crippen LogP contribution in [0.1, 0.15) is 78.7 Å². The molecular formula is C25H42N2OS. The molecule has 0 spiro atoms. The molecule has 2 fully saturated rings. The SMILES string of the molecule is CC(C)c1ccc(SNC(C)(C)C=O)cc1.CNC1C(C)CC2CC(C)CC1C2. The molecule has 0 radical (unpaired) electrons. The van der Waals surface area contributed by atoms with Crippen LogP contribution >= 0.6 is 11.9 Å². The van der Waals surface area contributed by atoms with Crippen molar-refractivity contribution in [3.8, 4) is 0 Å². The fourth-order valence-corrected chi connectivity index (χ4v) is 5.78. The molecule has 0 saturated heterocycles. The van der Waals surface area contributed by atoms with Gasteiger partial charge in [0, 0.05) is 10.9 Å². The smallest absolute Gasteiger partial charge is 0.140 e. The molecule has 29 heavy (non-hydrogen) atoms. The van der Waals surface area contributed by atoms with Crippen molar-refractivity contribution < 1.29 is 4.79 Å². The van der Waals surface area contributed by atoms with E-state index in [1.165, 1.54) is 43.2 Å². The standard InChI is InChI=1S/C13H19NOS.C12H23N/c1-10(2)11-5-7-12(8-6-11)16-14-13(3,4)9-15;1-8-4-10-6-9(2)12(13-3)11(5-8)7-10/h5-10,14H,1-4H3;8-13H,4-7H2,1-3H3. The van der Waals surface area contributed by atoms with Crippen LogP contribution in [0, 0.1) is 23.7 Å². The van der Waals surface area contributed by atoms with Gasteiger partial charge in [0.25, 0.3) is 0 Å². The Kier molecular flexibility index (Phi) is 9.24. The zero-order valence-corrected chi connectivity index (χ0v) is 20.3. The van der Waals surface area contributed by atoms with Gasteiger partial charge in [-0.25, -0.2) is 4.72 Å². The molecule has 5 atom stereocenters. The average molecular weight is 419 g/mol. The summed E-state index contributed by atoms with van der Waals surface area (Å²) < 4.78 is 3.12. The first-order valence-electron chi connectivity index (χ1n) is 11.3. The van der Waals surface area contributed by atoms with Gasteiger partial charge < -0.3 is 10.1 Å². The average Bonchev–Trinajstić information content (AvgIpc) is 2.67. The molecular weight excluding hydrogens is 376 g/mol. The highest BCUT2D eigenvalue weighted by Gasteiger charge is 2.38. The van der Waals surface area contributed by atoms with Crippen LogP contribution in [0.3, 0.4) is 0 Å². The van der Waals surface area contributed by atoms with Gasteiger partial charge in [-0.3, -0.25) is 0 Å². The predicted molar refractivity (Wildman–Crippen MR) is 126 cm³/mol. The maximum atomic E-state index is 10.7. The largest absolute Gasteiger partial charge is 0.316 e. The van der Waals surface area contributed by atoms with Gasteiger partial charge >= 0.3 is 0 Å². The third-order valence-electron chi connectivity index (χ3n) is 6.51. The second kappa shape index (κ2) is 11.0. The molecule has 2 N–H and O–H groups in total. The second-order valence-electron chi connectivity index (χ2n) is 10.2. The molecule has 0 amide bonds. The van der Waals surface area contributed by atoms with Crippen molar-refractivity contribution in [2.45, 2.75) is 89.6 Å². The third-order valence-corrected chi connectivity index (χ3v) is 7.65. The molecule has 1 aromatic carbocycles. The minimum Gasteiger partial charge on any atom is -0.316 e. The molecule has 2 saturated carbocycles. The quantitative estimate of drug-likeness (QED) is 0.436. The lowest BCUT2D eigenvalue weighted by Gasteiger charge is -2.46. The monoisotopic (exact) mass is 418 g/mol. The molecule has 3 nitrogen and oxygen atoms in total. The molecule has 2 aliphatic carbocycles. The van der Waals surface area contributed by atoms with Gasteiger partial charge in [0.15, 0.2) is 0 Å². The number of carbonyl (C=O) groups excluding carboxylic acids is 1. The molecule has 1 aromatic rings. The first-order valence-corrected chi connectivity index (χ1v) is 12.1. The van der Waals surface area contributed by atoms with E-state index in [1.807, 2.05) is 13.8 Å². The lowest BCUT2D eigenvalue weighted by Crippen LogP contribution is -2.47. The number of nitrogens with one attached hydrogen (secondary N) is 2. The van der Waals surface area contributed by atoms with Crippen LogP contribution in [-0.4, -0.2) is 24.9 Å². The van der Waals surface area contributed by atoms with E-state index in [4.69, 9.17) is 0 Å². The topological polar surface area (TPSA) is 41.1 Å². The summed E-state index contributed by atoms with van der Waals surface area (Å²) in [6, 6.07) is 9.21. The number of hydrogen-bond donors (Lipinski definition) is 2. The zero-order chi connectivity index (χ0) is 21.6. The van der Waals surface area contributed by atoms with Crippen molar-refractivity contribution >= 4 is 18.2 Å². The van der Waals surface area contributed by atoms with Crippen molar-refractivity contribution in [2.24, 2.45) is 23.7 Å². The number of benzene rings is 1. The van der Waals surface area contributed by atoms with Crippen LogP contribution in [0.2, 0.25) is 0 Å². The van der Waals surface area contributed by atoms with Crippen molar-refractivity contribution in [1.82, 2.24) is 10.0 Å². The van der Waals surface area contributed by atoms with E-state index in [9.17, 15) is 4.79 Å². The highest BCUT2D eigenvalue weighted by atomic mass is 32.2. The Bertz CT molecular complexity index is 624. The molecule has 164 valence electrons. The summed E-state index contributed by atoms with van der Waals surface area (Å²) in [6.07, 6.45) is 6.85. The fourth-order valence-electron chi connectivity index (χ4n) is 5.08. The Labute approximate surface area is 183 Å².